The fourth-order valence-electron chi connectivity index (χ4n) is 2.99. The maximum atomic E-state index is 12.5. The topological polar surface area (TPSA) is 170 Å². The Labute approximate surface area is 183 Å². The number of H-pyrrole nitrogens is 2. The second-order valence-corrected chi connectivity index (χ2v) is 6.96. The fraction of sp³-hybridized carbons (Fsp3) is 0.136. The van der Waals surface area contributed by atoms with E-state index >= 15 is 0 Å². The molecule has 10 nitrogen and oxygen atoms in total. The molecule has 0 aliphatic heterocycles. The average molecular weight is 433 g/mol. The van der Waals surface area contributed by atoms with Crippen LogP contribution < -0.4 is 27.6 Å². The largest absolute Gasteiger partial charge is 0.392 e. The number of aromatic amines is 2. The molecule has 1 atom stereocenters. The number of rotatable bonds is 8. The lowest BCUT2D eigenvalue weighted by molar-refractivity contribution is 0.0935. The summed E-state index contributed by atoms with van der Waals surface area (Å²) >= 11 is 0. The quantitative estimate of drug-likeness (QED) is 0.293. The van der Waals surface area contributed by atoms with Gasteiger partial charge in [-0.15, -0.1) is 0 Å². The zero-order valence-corrected chi connectivity index (χ0v) is 17.3. The Bertz CT molecular complexity index is 1260. The van der Waals surface area contributed by atoms with Crippen molar-refractivity contribution in [2.45, 2.75) is 19.5 Å². The number of carbonyl (C=O) groups excluding carboxylic acids is 1. The summed E-state index contributed by atoms with van der Waals surface area (Å²) in [5, 5.41) is 13.6. The van der Waals surface area contributed by atoms with E-state index in [2.05, 4.69) is 20.6 Å². The maximum Gasteiger partial charge on any atom is 0.326 e. The van der Waals surface area contributed by atoms with E-state index in [9.17, 15) is 14.4 Å². The number of hydrogen-bond acceptors (Lipinski definition) is 7. The van der Waals surface area contributed by atoms with Crippen LogP contribution in [0, 0.1) is 5.41 Å². The van der Waals surface area contributed by atoms with Crippen LogP contribution in [0.3, 0.4) is 0 Å². The van der Waals surface area contributed by atoms with Crippen molar-refractivity contribution in [2.75, 3.05) is 5.73 Å². The first kappa shape index (κ1) is 22.2. The van der Waals surface area contributed by atoms with E-state index in [-0.39, 0.29) is 11.4 Å². The van der Waals surface area contributed by atoms with Crippen molar-refractivity contribution in [1.82, 2.24) is 25.6 Å². The molecule has 0 spiro atoms. The number of hydrogen-bond donors (Lipinski definition) is 6. The second-order valence-electron chi connectivity index (χ2n) is 6.96. The Balaban J connectivity index is 1.74. The summed E-state index contributed by atoms with van der Waals surface area (Å²) in [6.45, 7) is 2.27. The molecule has 0 saturated heterocycles. The smallest absolute Gasteiger partial charge is 0.326 e. The predicted octanol–water partition coefficient (Wildman–Crippen LogP) is 1.31. The number of anilines is 1. The summed E-state index contributed by atoms with van der Waals surface area (Å²) in [4.78, 5) is 44.1. The Morgan fingerprint density at radius 1 is 1.22 bits per heavy atom. The highest BCUT2D eigenvalue weighted by atomic mass is 16.2. The van der Waals surface area contributed by atoms with E-state index in [4.69, 9.17) is 11.1 Å². The molecule has 3 aromatic rings. The number of allylic oxidation sites excluding steroid dienone is 1. The van der Waals surface area contributed by atoms with Crippen LogP contribution in [-0.2, 0) is 6.54 Å². The monoisotopic (exact) mass is 433 g/mol. The zero-order valence-electron chi connectivity index (χ0n) is 17.3. The van der Waals surface area contributed by atoms with Gasteiger partial charge in [0.25, 0.3) is 11.5 Å². The number of carbonyl (C=O) groups is 1. The number of nitrogens with zero attached hydrogens (tertiary/aromatic N) is 1. The van der Waals surface area contributed by atoms with E-state index < -0.39 is 23.2 Å². The Kier molecular flexibility index (Phi) is 6.96. The average Bonchev–Trinajstić information content (AvgIpc) is 2.79. The molecule has 0 saturated carbocycles. The van der Waals surface area contributed by atoms with Gasteiger partial charge in [-0.1, -0.05) is 24.3 Å². The van der Waals surface area contributed by atoms with Crippen LogP contribution >= 0.6 is 0 Å². The molecular weight excluding hydrogens is 410 g/mol. The minimum atomic E-state index is -0.826. The molecule has 1 amide bonds. The van der Waals surface area contributed by atoms with Crippen molar-refractivity contribution < 1.29 is 4.79 Å². The van der Waals surface area contributed by atoms with Crippen molar-refractivity contribution in [2.24, 2.45) is 0 Å². The van der Waals surface area contributed by atoms with Gasteiger partial charge >= 0.3 is 5.69 Å². The number of nitrogen functional groups attached to an aromatic ring is 1. The first-order chi connectivity index (χ1) is 15.4. The maximum absolute atomic E-state index is 12.5. The summed E-state index contributed by atoms with van der Waals surface area (Å²) in [5.41, 5.74) is 6.37. The van der Waals surface area contributed by atoms with Gasteiger partial charge in [0, 0.05) is 24.2 Å². The van der Waals surface area contributed by atoms with Gasteiger partial charge in [0.1, 0.15) is 11.4 Å². The van der Waals surface area contributed by atoms with Crippen molar-refractivity contribution in [3.8, 4) is 0 Å². The van der Waals surface area contributed by atoms with Gasteiger partial charge in [0.15, 0.2) is 0 Å². The van der Waals surface area contributed by atoms with Gasteiger partial charge < -0.3 is 26.8 Å². The van der Waals surface area contributed by atoms with E-state index in [1.54, 1.807) is 19.3 Å². The van der Waals surface area contributed by atoms with Crippen molar-refractivity contribution in [1.29, 1.82) is 5.41 Å². The summed E-state index contributed by atoms with van der Waals surface area (Å²) in [7, 11) is 0. The van der Waals surface area contributed by atoms with Crippen LogP contribution in [0.2, 0.25) is 0 Å². The summed E-state index contributed by atoms with van der Waals surface area (Å²) in [6.07, 6.45) is 4.67. The highest BCUT2D eigenvalue weighted by Crippen LogP contribution is 2.19. The second kappa shape index (κ2) is 10.0. The molecule has 10 heteroatoms. The minimum absolute atomic E-state index is 0.291. The van der Waals surface area contributed by atoms with Gasteiger partial charge in [-0.3, -0.25) is 19.6 Å². The van der Waals surface area contributed by atoms with E-state index in [1.165, 1.54) is 6.21 Å². The SMILES string of the molecule is C[C@@H](NC(=O)c1[nH]c(=O)[nH]c(=O)c1N)c1cccc(/C(C=N)=C/NCc2ccccn2)c1. The third-order valence-electron chi connectivity index (χ3n) is 4.70. The van der Waals surface area contributed by atoms with Crippen LogP contribution in [0.4, 0.5) is 5.69 Å². The molecule has 2 heterocycles. The van der Waals surface area contributed by atoms with Gasteiger partial charge in [-0.25, -0.2) is 4.79 Å². The van der Waals surface area contributed by atoms with Crippen molar-refractivity contribution in [3.63, 3.8) is 0 Å². The molecule has 0 fully saturated rings. The molecule has 0 unspecified atom stereocenters. The molecule has 2 aromatic heterocycles. The van der Waals surface area contributed by atoms with Gasteiger partial charge in [0.05, 0.1) is 18.3 Å². The summed E-state index contributed by atoms with van der Waals surface area (Å²) < 4.78 is 0. The van der Waals surface area contributed by atoms with Crippen molar-refractivity contribution in [3.05, 3.63) is 98.2 Å². The number of pyridine rings is 1. The fourth-order valence-corrected chi connectivity index (χ4v) is 2.99. The third kappa shape index (κ3) is 5.36. The van der Waals surface area contributed by atoms with E-state index in [0.29, 0.717) is 12.1 Å². The third-order valence-corrected chi connectivity index (χ3v) is 4.70. The Morgan fingerprint density at radius 2 is 2.03 bits per heavy atom. The van der Waals surface area contributed by atoms with E-state index in [0.717, 1.165) is 16.8 Å². The number of nitrogens with two attached hydrogens (primary N) is 1. The lowest BCUT2D eigenvalue weighted by Gasteiger charge is -2.16. The molecule has 0 aliphatic carbocycles. The number of aromatic nitrogens is 3. The van der Waals surface area contributed by atoms with Crippen LogP contribution in [-0.4, -0.2) is 27.1 Å². The van der Waals surface area contributed by atoms with Crippen LogP contribution in [0.25, 0.3) is 5.57 Å². The normalized spacial score (nSPS) is 12.1. The standard InChI is InChI=1S/C22H23N7O3/c1-13(27-21(31)19-18(24)20(30)29-22(32)28-19)14-5-4-6-15(9-14)16(10-23)11-25-12-17-7-2-3-8-26-17/h2-11,13,23,25H,12,24H2,1H3,(H,27,31)(H2,28,29,30,32)/b16-11+,23-10?/t13-/m1/s1. The number of amides is 1. The van der Waals surface area contributed by atoms with Crippen LogP contribution in [0.15, 0.2) is 64.5 Å². The van der Waals surface area contributed by atoms with Gasteiger partial charge in [-0.2, -0.15) is 0 Å². The number of benzene rings is 1. The predicted molar refractivity (Wildman–Crippen MR) is 122 cm³/mol. The molecule has 3 rings (SSSR count). The van der Waals surface area contributed by atoms with Crippen molar-refractivity contribution >= 4 is 23.4 Å². The molecular formula is C22H23N7O3. The number of nitrogens with one attached hydrogen (secondary N) is 5. The first-order valence-electron chi connectivity index (χ1n) is 9.76. The summed E-state index contributed by atoms with van der Waals surface area (Å²) in [5.74, 6) is -0.677. The Hall–Kier alpha value is -4.47. The molecule has 7 N–H and O–H groups in total. The molecule has 1 aromatic carbocycles. The van der Waals surface area contributed by atoms with Gasteiger partial charge in [-0.05, 0) is 36.2 Å². The minimum Gasteiger partial charge on any atom is -0.392 e. The lowest BCUT2D eigenvalue weighted by Crippen LogP contribution is -2.34. The van der Waals surface area contributed by atoms with E-state index in [1.807, 2.05) is 47.4 Å². The molecule has 0 bridgehead atoms. The molecule has 0 radical (unpaired) electrons. The zero-order chi connectivity index (χ0) is 23.1. The highest BCUT2D eigenvalue weighted by Gasteiger charge is 2.17. The lowest BCUT2D eigenvalue weighted by atomic mass is 10.0. The van der Waals surface area contributed by atoms with Gasteiger partial charge in [0.2, 0.25) is 0 Å². The molecule has 0 aliphatic rings. The molecule has 32 heavy (non-hydrogen) atoms. The molecule has 164 valence electrons. The van der Waals surface area contributed by atoms with Crippen LogP contribution in [0.5, 0.6) is 0 Å². The first-order valence-corrected chi connectivity index (χ1v) is 9.76. The summed E-state index contributed by atoms with van der Waals surface area (Å²) in [6, 6.07) is 12.5. The van der Waals surface area contributed by atoms with Crippen LogP contribution in [0.1, 0.15) is 40.3 Å². The Morgan fingerprint density at radius 3 is 2.75 bits per heavy atom. The highest BCUT2D eigenvalue weighted by molar-refractivity contribution is 6.08.